The van der Waals surface area contributed by atoms with Crippen molar-refractivity contribution in [3.05, 3.63) is 29.8 Å². The van der Waals surface area contributed by atoms with Gasteiger partial charge in [0.05, 0.1) is 11.8 Å². The summed E-state index contributed by atoms with van der Waals surface area (Å²) in [6.07, 6.45) is 6.19. The lowest BCUT2D eigenvalue weighted by Gasteiger charge is -2.44. The first-order valence-electron chi connectivity index (χ1n) is 6.88. The molecule has 1 atom stereocenters. The number of pyridine rings is 1. The van der Waals surface area contributed by atoms with Gasteiger partial charge in [0, 0.05) is 31.9 Å². The van der Waals surface area contributed by atoms with E-state index in [9.17, 15) is 9.18 Å². The molecular weight excluding hydrogens is 245 g/mol. The summed E-state index contributed by atoms with van der Waals surface area (Å²) in [5.74, 6) is -0.733. The van der Waals surface area contributed by atoms with Crippen LogP contribution < -0.4 is 0 Å². The monoisotopic (exact) mass is 263 g/mol. The molecule has 0 spiro atoms. The molecule has 0 bridgehead atoms. The molecule has 1 aromatic rings. The molecule has 0 aliphatic carbocycles. The number of rotatable bonds is 1. The Hall–Kier alpha value is -1.49. The van der Waals surface area contributed by atoms with Gasteiger partial charge >= 0.3 is 0 Å². The predicted molar refractivity (Wildman–Crippen MR) is 69.3 cm³/mol. The molecule has 0 saturated carbocycles. The highest BCUT2D eigenvalue weighted by molar-refractivity contribution is 5.94. The van der Waals surface area contributed by atoms with Crippen LogP contribution in [0.3, 0.4) is 0 Å². The summed E-state index contributed by atoms with van der Waals surface area (Å²) in [4.78, 5) is 20.3. The molecule has 0 radical (unpaired) electrons. The maximum absolute atomic E-state index is 13.6. The number of amides is 1. The van der Waals surface area contributed by atoms with Crippen LogP contribution in [-0.2, 0) is 0 Å². The summed E-state index contributed by atoms with van der Waals surface area (Å²) in [6.45, 7) is 3.46. The lowest BCUT2D eigenvalue weighted by molar-refractivity contribution is 0.0369. The zero-order valence-electron chi connectivity index (χ0n) is 10.9. The number of hydrogen-bond donors (Lipinski definition) is 0. The van der Waals surface area contributed by atoms with Crippen LogP contribution in [0.5, 0.6) is 0 Å². The van der Waals surface area contributed by atoms with Gasteiger partial charge in [0.2, 0.25) is 0 Å². The van der Waals surface area contributed by atoms with Gasteiger partial charge in [0.25, 0.3) is 5.91 Å². The standard InChI is InChI=1S/C14H18FN3O/c15-13-9-16-5-4-12(13)14(19)18-8-7-17-6-2-1-3-11(17)10-18/h4-5,9,11H,1-3,6-8,10H2. The van der Waals surface area contributed by atoms with Gasteiger partial charge in [-0.15, -0.1) is 0 Å². The Morgan fingerprint density at radius 1 is 1.32 bits per heavy atom. The van der Waals surface area contributed by atoms with Crippen LogP contribution in [0.1, 0.15) is 29.6 Å². The average Bonchev–Trinajstić information content (AvgIpc) is 2.46. The third-order valence-electron chi connectivity index (χ3n) is 4.13. The number of fused-ring (bicyclic) bond motifs is 1. The van der Waals surface area contributed by atoms with E-state index in [1.54, 1.807) is 4.90 Å². The molecule has 0 aromatic carbocycles. The molecule has 2 saturated heterocycles. The first-order valence-corrected chi connectivity index (χ1v) is 6.88. The molecule has 0 N–H and O–H groups in total. The van der Waals surface area contributed by atoms with E-state index >= 15 is 0 Å². The van der Waals surface area contributed by atoms with Gasteiger partial charge in [-0.2, -0.15) is 0 Å². The summed E-state index contributed by atoms with van der Waals surface area (Å²) >= 11 is 0. The third-order valence-corrected chi connectivity index (χ3v) is 4.13. The zero-order chi connectivity index (χ0) is 13.2. The molecule has 102 valence electrons. The molecule has 19 heavy (non-hydrogen) atoms. The quantitative estimate of drug-likeness (QED) is 0.771. The lowest BCUT2D eigenvalue weighted by atomic mass is 9.99. The minimum atomic E-state index is -0.529. The van der Waals surface area contributed by atoms with Crippen LogP contribution in [0.2, 0.25) is 0 Å². The van der Waals surface area contributed by atoms with Crippen molar-refractivity contribution in [2.75, 3.05) is 26.2 Å². The van der Waals surface area contributed by atoms with Crippen LogP contribution in [0.25, 0.3) is 0 Å². The normalized spacial score (nSPS) is 24.1. The van der Waals surface area contributed by atoms with Gasteiger partial charge in [-0.1, -0.05) is 6.42 Å². The fourth-order valence-corrected chi connectivity index (χ4v) is 3.06. The van der Waals surface area contributed by atoms with Crippen molar-refractivity contribution in [3.8, 4) is 0 Å². The second-order valence-electron chi connectivity index (χ2n) is 5.29. The van der Waals surface area contributed by atoms with E-state index in [0.717, 1.165) is 32.3 Å². The lowest BCUT2D eigenvalue weighted by Crippen LogP contribution is -2.56. The highest BCUT2D eigenvalue weighted by Crippen LogP contribution is 2.22. The van der Waals surface area contributed by atoms with E-state index in [4.69, 9.17) is 0 Å². The maximum Gasteiger partial charge on any atom is 0.257 e. The highest BCUT2D eigenvalue weighted by atomic mass is 19.1. The third kappa shape index (κ3) is 2.47. The van der Waals surface area contributed by atoms with Crippen molar-refractivity contribution >= 4 is 5.91 Å². The van der Waals surface area contributed by atoms with Gasteiger partial charge in [-0.05, 0) is 25.5 Å². The van der Waals surface area contributed by atoms with Gasteiger partial charge in [-0.25, -0.2) is 4.39 Å². The van der Waals surface area contributed by atoms with Gasteiger partial charge < -0.3 is 4.90 Å². The summed E-state index contributed by atoms with van der Waals surface area (Å²) in [5.41, 5.74) is 0.138. The van der Waals surface area contributed by atoms with Crippen molar-refractivity contribution in [1.82, 2.24) is 14.8 Å². The van der Waals surface area contributed by atoms with Gasteiger partial charge in [0.15, 0.2) is 5.82 Å². The molecule has 2 aliphatic rings. The predicted octanol–water partition coefficient (Wildman–Crippen LogP) is 1.53. The van der Waals surface area contributed by atoms with E-state index in [0.29, 0.717) is 12.6 Å². The number of carbonyl (C=O) groups excluding carboxylic acids is 1. The Kier molecular flexibility index (Phi) is 3.46. The number of hydrogen-bond acceptors (Lipinski definition) is 3. The first-order chi connectivity index (χ1) is 9.25. The minimum absolute atomic E-state index is 0.138. The summed E-state index contributed by atoms with van der Waals surface area (Å²) in [6, 6.07) is 1.92. The van der Waals surface area contributed by atoms with E-state index in [1.807, 2.05) is 0 Å². The van der Waals surface area contributed by atoms with E-state index < -0.39 is 5.82 Å². The van der Waals surface area contributed by atoms with Crippen LogP contribution in [-0.4, -0.2) is 52.9 Å². The van der Waals surface area contributed by atoms with Crippen molar-refractivity contribution in [2.45, 2.75) is 25.3 Å². The van der Waals surface area contributed by atoms with Gasteiger partial charge in [-0.3, -0.25) is 14.7 Å². The molecule has 1 aromatic heterocycles. The fraction of sp³-hybridized carbons (Fsp3) is 0.571. The van der Waals surface area contributed by atoms with Crippen molar-refractivity contribution < 1.29 is 9.18 Å². The Labute approximate surface area is 112 Å². The maximum atomic E-state index is 13.6. The molecule has 4 nitrogen and oxygen atoms in total. The molecular formula is C14H18FN3O. The topological polar surface area (TPSA) is 36.4 Å². The van der Waals surface area contributed by atoms with Crippen molar-refractivity contribution in [3.63, 3.8) is 0 Å². The van der Waals surface area contributed by atoms with E-state index in [2.05, 4.69) is 9.88 Å². The van der Waals surface area contributed by atoms with Gasteiger partial charge in [0.1, 0.15) is 0 Å². The average molecular weight is 263 g/mol. The highest BCUT2D eigenvalue weighted by Gasteiger charge is 2.31. The SMILES string of the molecule is O=C(c1ccncc1F)N1CCN2CCCCC2C1. The summed E-state index contributed by atoms with van der Waals surface area (Å²) < 4.78 is 13.6. The Morgan fingerprint density at radius 3 is 3.05 bits per heavy atom. The number of carbonyl (C=O) groups is 1. The van der Waals surface area contributed by atoms with Crippen LogP contribution in [0.4, 0.5) is 4.39 Å². The number of piperazine rings is 1. The molecule has 3 heterocycles. The fourth-order valence-electron chi connectivity index (χ4n) is 3.06. The Bertz CT molecular complexity index is 480. The zero-order valence-corrected chi connectivity index (χ0v) is 10.9. The first kappa shape index (κ1) is 12.5. The second-order valence-corrected chi connectivity index (χ2v) is 5.29. The summed E-state index contributed by atoms with van der Waals surface area (Å²) in [7, 11) is 0. The molecule has 5 heteroatoms. The van der Waals surface area contributed by atoms with Crippen LogP contribution >= 0.6 is 0 Å². The smallest absolute Gasteiger partial charge is 0.257 e. The van der Waals surface area contributed by atoms with Crippen LogP contribution in [0.15, 0.2) is 18.5 Å². The molecule has 1 amide bonds. The molecule has 1 unspecified atom stereocenters. The number of nitrogens with zero attached hydrogens (tertiary/aromatic N) is 3. The number of halogens is 1. The largest absolute Gasteiger partial charge is 0.336 e. The van der Waals surface area contributed by atoms with Crippen molar-refractivity contribution in [1.29, 1.82) is 0 Å². The second kappa shape index (κ2) is 5.25. The Morgan fingerprint density at radius 2 is 2.21 bits per heavy atom. The Balaban J connectivity index is 1.73. The minimum Gasteiger partial charge on any atom is -0.336 e. The van der Waals surface area contributed by atoms with E-state index in [-0.39, 0.29) is 11.5 Å². The summed E-state index contributed by atoms with van der Waals surface area (Å²) in [5, 5.41) is 0. The van der Waals surface area contributed by atoms with Crippen LogP contribution in [0, 0.1) is 5.82 Å². The number of piperidine rings is 1. The molecule has 2 aliphatic heterocycles. The molecule has 3 rings (SSSR count). The molecule has 2 fully saturated rings. The van der Waals surface area contributed by atoms with E-state index in [1.165, 1.54) is 25.1 Å². The van der Waals surface area contributed by atoms with Crippen molar-refractivity contribution in [2.24, 2.45) is 0 Å². The number of aromatic nitrogens is 1.